The second-order valence-electron chi connectivity index (χ2n) is 0.378. The zero-order chi connectivity index (χ0) is 4.50. The van der Waals surface area contributed by atoms with Crippen LogP contribution in [0.1, 0.15) is 0 Å². The van der Waals surface area contributed by atoms with Gasteiger partial charge >= 0.3 is 81.8 Å². The predicted octanol–water partition coefficient (Wildman–Crippen LogP) is -5.62. The summed E-state index contributed by atoms with van der Waals surface area (Å²) in [6, 6.07) is 0. The van der Waals surface area contributed by atoms with Crippen LogP contribution in [0.3, 0.4) is 0 Å². The van der Waals surface area contributed by atoms with Gasteiger partial charge in [0, 0.05) is 0 Å². The number of hydrogen-bond acceptors (Lipinski definition) is 4. The first-order valence-corrected chi connectivity index (χ1v) is 2.54. The Bertz CT molecular complexity index is 97.2. The van der Waals surface area contributed by atoms with Gasteiger partial charge in [0.05, 0.1) is 0 Å². The van der Waals surface area contributed by atoms with Crippen LogP contribution < -0.4 is 27.2 Å². The minimum atomic E-state index is -5.62. The van der Waals surface area contributed by atoms with E-state index in [4.69, 9.17) is 16.0 Å². The van der Waals surface area contributed by atoms with Crippen LogP contribution in [-0.2, 0) is 54.6 Å². The molecule has 0 aromatic carbocycles. The summed E-state index contributed by atoms with van der Waals surface area (Å²) < 4.78 is 34.3. The first-order valence-electron chi connectivity index (χ1n) is 0.617. The van der Waals surface area contributed by atoms with Crippen LogP contribution in [0.2, 0.25) is 0 Å². The molecule has 1 radical (unpaired) electrons. The molecule has 0 aliphatic heterocycles. The Labute approximate surface area is 81.3 Å². The van der Waals surface area contributed by atoms with Crippen molar-refractivity contribution in [1.82, 2.24) is 0 Å². The van der Waals surface area contributed by atoms with Gasteiger partial charge in [-0.25, -0.2) is 0 Å². The topological polar surface area (TPSA) is 80.3 Å². The van der Waals surface area contributed by atoms with Crippen LogP contribution in [-0.4, -0.2) is 0 Å². The maximum absolute atomic E-state index is 8.58. The monoisotopic (exact) mass is 239 g/mol. The molecule has 8 heavy (non-hydrogen) atoms. The molecule has 0 atom stereocenters. The Balaban J connectivity index is -0.0000000267. The van der Waals surface area contributed by atoms with Gasteiger partial charge in [0.1, 0.15) is 0 Å². The van der Waals surface area contributed by atoms with Gasteiger partial charge in [-0.05, 0) is 0 Å². The molecule has 0 fully saturated rings. The van der Waals surface area contributed by atoms with Gasteiger partial charge in [0.25, 0.3) is 0 Å². The van der Waals surface area contributed by atoms with E-state index in [2.05, 4.69) is 0 Å². The molecular formula is LiMn2NiO4+3. The van der Waals surface area contributed by atoms with Crippen molar-refractivity contribution in [3.63, 3.8) is 0 Å². The van der Waals surface area contributed by atoms with E-state index < -0.39 is 13.4 Å². The third-order valence-electron chi connectivity index (χ3n) is 0. The second-order valence-corrected chi connectivity index (χ2v) is 1.56. The Morgan fingerprint density at radius 2 is 1.12 bits per heavy atom. The van der Waals surface area contributed by atoms with Gasteiger partial charge in [-0.3, -0.25) is 0 Å². The van der Waals surface area contributed by atoms with Crippen LogP contribution >= 0.6 is 0 Å². The van der Waals surface area contributed by atoms with Gasteiger partial charge in [-0.1, -0.05) is 0 Å². The predicted molar refractivity (Wildman–Crippen MR) is 1.37 cm³/mol. The molecule has 0 bridgehead atoms. The Morgan fingerprint density at radius 3 is 1.12 bits per heavy atom. The van der Waals surface area contributed by atoms with Crippen molar-refractivity contribution in [2.75, 3.05) is 0 Å². The van der Waals surface area contributed by atoms with Gasteiger partial charge in [-0.15, -0.1) is 0 Å². The van der Waals surface area contributed by atoms with E-state index >= 15 is 0 Å². The van der Waals surface area contributed by atoms with Crippen molar-refractivity contribution in [3.05, 3.63) is 0 Å². The molecule has 0 unspecified atom stereocenters. The Morgan fingerprint density at radius 1 is 1.12 bits per heavy atom. The fraction of sp³-hybridized carbons (Fsp3) is 0. The average Bonchev–Trinajstić information content (AvgIpc) is 0.722. The van der Waals surface area contributed by atoms with Crippen LogP contribution in [0.4, 0.5) is 0 Å². The standard InChI is InChI=1S/Li.2Mn.Ni.4O/q+1;;2*+2;;;2*-1. The van der Waals surface area contributed by atoms with Gasteiger partial charge in [0.2, 0.25) is 0 Å². The van der Waals surface area contributed by atoms with E-state index in [0.29, 0.717) is 0 Å². The molecule has 8 heteroatoms. The van der Waals surface area contributed by atoms with Crippen molar-refractivity contribution < 1.29 is 81.8 Å². The van der Waals surface area contributed by atoms with E-state index in [1.54, 1.807) is 0 Å². The van der Waals surface area contributed by atoms with Crippen molar-refractivity contribution in [1.29, 1.82) is 0 Å². The molecular weight excluding hydrogens is 240 g/mol. The molecule has 4 nitrogen and oxygen atoms in total. The summed E-state index contributed by atoms with van der Waals surface area (Å²) in [5.41, 5.74) is 0. The molecule has 0 aliphatic rings. The van der Waals surface area contributed by atoms with E-state index in [-0.39, 0.29) is 52.4 Å². The second kappa shape index (κ2) is 8.65. The summed E-state index contributed by atoms with van der Waals surface area (Å²) in [5, 5.41) is 0. The summed E-state index contributed by atoms with van der Waals surface area (Å²) in [6.45, 7) is 0. The zero-order valence-corrected chi connectivity index (χ0v) is 7.05. The maximum atomic E-state index is 8.58. The first-order chi connectivity index (χ1) is 2.00. The third-order valence-corrected chi connectivity index (χ3v) is 0. The Hall–Kier alpha value is 1.65. The number of rotatable bonds is 0. The normalized spacial score (nSPS) is 7.25. The zero-order valence-electron chi connectivity index (χ0n) is 3.71. The van der Waals surface area contributed by atoms with Crippen LogP contribution in [0, 0.1) is 0 Å². The molecule has 46 valence electrons. The molecule has 0 spiro atoms. The van der Waals surface area contributed by atoms with E-state index in [9.17, 15) is 0 Å². The minimum absolute atomic E-state index is 0. The summed E-state index contributed by atoms with van der Waals surface area (Å²) in [5.74, 6) is 0. The molecule has 0 rings (SSSR count). The van der Waals surface area contributed by atoms with Crippen LogP contribution in [0.5, 0.6) is 0 Å². The third kappa shape index (κ3) is 124. The van der Waals surface area contributed by atoms with E-state index in [0.717, 1.165) is 0 Å². The van der Waals surface area contributed by atoms with Crippen molar-refractivity contribution in [2.45, 2.75) is 0 Å². The average molecular weight is 240 g/mol. The molecule has 0 saturated heterocycles. The fourth-order valence-corrected chi connectivity index (χ4v) is 0. The molecule has 0 aromatic rings. The molecule has 0 aliphatic carbocycles. The van der Waals surface area contributed by atoms with Crippen molar-refractivity contribution in [3.8, 4) is 0 Å². The SMILES string of the molecule is [Li+].[Mn+2].[Ni+2].[O]=[Mn](=[O])([O-])[O-]. The van der Waals surface area contributed by atoms with Gasteiger partial charge in [0.15, 0.2) is 0 Å². The molecule has 0 heterocycles. The first kappa shape index (κ1) is 22.6. The van der Waals surface area contributed by atoms with Gasteiger partial charge in [-0.2, -0.15) is 0 Å². The van der Waals surface area contributed by atoms with E-state index in [1.807, 2.05) is 0 Å². The van der Waals surface area contributed by atoms with Gasteiger partial charge < -0.3 is 0 Å². The van der Waals surface area contributed by atoms with E-state index in [1.165, 1.54) is 0 Å². The molecule has 0 aromatic heterocycles. The summed E-state index contributed by atoms with van der Waals surface area (Å²) in [7, 11) is 0. The molecule has 0 amide bonds. The van der Waals surface area contributed by atoms with Crippen LogP contribution in [0.15, 0.2) is 0 Å². The number of hydrogen-bond donors (Lipinski definition) is 0. The van der Waals surface area contributed by atoms with Crippen molar-refractivity contribution in [2.24, 2.45) is 0 Å². The van der Waals surface area contributed by atoms with Crippen molar-refractivity contribution >= 4 is 0 Å². The molecule has 0 N–H and O–H groups in total. The molecule has 0 saturated carbocycles. The summed E-state index contributed by atoms with van der Waals surface area (Å²) in [6.07, 6.45) is 0. The summed E-state index contributed by atoms with van der Waals surface area (Å²) >= 11 is -5.62. The fourth-order valence-electron chi connectivity index (χ4n) is 0. The van der Waals surface area contributed by atoms with Crippen LogP contribution in [0.25, 0.3) is 0 Å². The quantitative estimate of drug-likeness (QED) is 0.395. The Kier molecular flexibility index (Phi) is 24.5. The summed E-state index contributed by atoms with van der Waals surface area (Å²) in [4.78, 5) is 0.